The number of nitrogen functional groups attached to an aromatic ring is 1. The van der Waals surface area contributed by atoms with Gasteiger partial charge in [-0.25, -0.2) is 0 Å². The highest BCUT2D eigenvalue weighted by molar-refractivity contribution is 5.33. The molecule has 13 heavy (non-hydrogen) atoms. The second kappa shape index (κ2) is 3.64. The van der Waals surface area contributed by atoms with Crippen LogP contribution in [0.15, 0.2) is 23.3 Å². The summed E-state index contributed by atoms with van der Waals surface area (Å²) in [5, 5.41) is 0. The smallest absolute Gasteiger partial charge is 0.204 e. The van der Waals surface area contributed by atoms with Gasteiger partial charge in [0.05, 0.1) is 5.69 Å². The van der Waals surface area contributed by atoms with Crippen LogP contribution in [0, 0.1) is 5.92 Å². The van der Waals surface area contributed by atoms with Gasteiger partial charge >= 0.3 is 0 Å². The lowest BCUT2D eigenvalue weighted by Crippen LogP contribution is -2.16. The van der Waals surface area contributed by atoms with E-state index >= 15 is 0 Å². The summed E-state index contributed by atoms with van der Waals surface area (Å²) in [7, 11) is 0. The molecule has 1 atom stereocenters. The average Bonchev–Trinajstić information content (AvgIpc) is 2.08. The summed E-state index contributed by atoms with van der Waals surface area (Å²) in [5.41, 5.74) is 5.74. The van der Waals surface area contributed by atoms with Crippen molar-refractivity contribution in [1.29, 1.82) is 0 Å². The first-order chi connectivity index (χ1) is 6.02. The van der Waals surface area contributed by atoms with Crippen molar-refractivity contribution in [1.82, 2.24) is 4.57 Å². The van der Waals surface area contributed by atoms with E-state index < -0.39 is 0 Å². The van der Waals surface area contributed by atoms with Crippen LogP contribution in [-0.2, 0) is 0 Å². The second-order valence-corrected chi connectivity index (χ2v) is 3.70. The molecule has 3 nitrogen and oxygen atoms in total. The number of rotatable bonds is 2. The van der Waals surface area contributed by atoms with Crippen LogP contribution in [0.3, 0.4) is 0 Å². The molecular formula is C10H16N2O. The van der Waals surface area contributed by atoms with E-state index in [-0.39, 0.29) is 5.43 Å². The van der Waals surface area contributed by atoms with E-state index in [9.17, 15) is 4.79 Å². The first-order valence-electron chi connectivity index (χ1n) is 4.49. The minimum absolute atomic E-state index is 0.104. The molecule has 0 radical (unpaired) electrons. The van der Waals surface area contributed by atoms with Gasteiger partial charge in [-0.2, -0.15) is 0 Å². The molecule has 0 aromatic carbocycles. The highest BCUT2D eigenvalue weighted by Gasteiger charge is 2.08. The monoisotopic (exact) mass is 180 g/mol. The van der Waals surface area contributed by atoms with E-state index in [0.717, 1.165) is 0 Å². The minimum atomic E-state index is -0.104. The fourth-order valence-corrected chi connectivity index (χ4v) is 1.11. The summed E-state index contributed by atoms with van der Waals surface area (Å²) in [4.78, 5) is 11.0. The standard InChI is InChI=1S/C10H16N2O/c1-7(2)8(3)12-5-4-10(13)9(11)6-12/h4-8H,11H2,1-3H3. The SMILES string of the molecule is CC(C)C(C)n1ccc(=O)c(N)c1. The number of hydrogen-bond acceptors (Lipinski definition) is 2. The number of aromatic nitrogens is 1. The molecule has 0 bridgehead atoms. The van der Waals surface area contributed by atoms with Gasteiger partial charge in [-0.1, -0.05) is 13.8 Å². The maximum Gasteiger partial charge on any atom is 0.204 e. The Hall–Kier alpha value is -1.25. The molecular weight excluding hydrogens is 164 g/mol. The number of hydrogen-bond donors (Lipinski definition) is 1. The molecule has 1 rings (SSSR count). The quantitative estimate of drug-likeness (QED) is 0.752. The van der Waals surface area contributed by atoms with Gasteiger partial charge in [-0.05, 0) is 12.8 Å². The van der Waals surface area contributed by atoms with Crippen LogP contribution in [0.4, 0.5) is 5.69 Å². The molecule has 2 N–H and O–H groups in total. The Bertz CT molecular complexity index is 341. The predicted molar refractivity (Wildman–Crippen MR) is 54.7 cm³/mol. The van der Waals surface area contributed by atoms with Crippen molar-refractivity contribution >= 4 is 5.69 Å². The van der Waals surface area contributed by atoms with Crippen molar-refractivity contribution in [2.45, 2.75) is 26.8 Å². The zero-order valence-corrected chi connectivity index (χ0v) is 8.32. The molecule has 3 heteroatoms. The zero-order valence-electron chi connectivity index (χ0n) is 8.32. The van der Waals surface area contributed by atoms with Crippen molar-refractivity contribution in [3.8, 4) is 0 Å². The summed E-state index contributed by atoms with van der Waals surface area (Å²) >= 11 is 0. The summed E-state index contributed by atoms with van der Waals surface area (Å²) in [5.74, 6) is 0.530. The molecule has 0 saturated heterocycles. The van der Waals surface area contributed by atoms with Crippen molar-refractivity contribution in [3.05, 3.63) is 28.7 Å². The van der Waals surface area contributed by atoms with E-state index in [4.69, 9.17) is 5.73 Å². The van der Waals surface area contributed by atoms with Crippen molar-refractivity contribution in [2.24, 2.45) is 5.92 Å². The highest BCUT2D eigenvalue weighted by Crippen LogP contribution is 2.15. The number of nitrogens with two attached hydrogens (primary N) is 1. The Balaban J connectivity index is 3.04. The van der Waals surface area contributed by atoms with Crippen LogP contribution in [0.2, 0.25) is 0 Å². The topological polar surface area (TPSA) is 48.0 Å². The number of pyridine rings is 1. The second-order valence-electron chi connectivity index (χ2n) is 3.70. The lowest BCUT2D eigenvalue weighted by molar-refractivity contribution is 0.406. The first-order valence-corrected chi connectivity index (χ1v) is 4.49. The van der Waals surface area contributed by atoms with Crippen LogP contribution in [0.25, 0.3) is 0 Å². The van der Waals surface area contributed by atoms with E-state index in [1.165, 1.54) is 6.07 Å². The van der Waals surface area contributed by atoms with Crippen molar-refractivity contribution < 1.29 is 0 Å². The number of nitrogens with zero attached hydrogens (tertiary/aromatic N) is 1. The van der Waals surface area contributed by atoms with Crippen LogP contribution < -0.4 is 11.2 Å². The fraction of sp³-hybridized carbons (Fsp3) is 0.500. The Morgan fingerprint density at radius 1 is 1.38 bits per heavy atom. The fourth-order valence-electron chi connectivity index (χ4n) is 1.11. The molecule has 1 unspecified atom stereocenters. The first kappa shape index (κ1) is 9.84. The van der Waals surface area contributed by atoms with Gasteiger partial charge in [0.1, 0.15) is 0 Å². The minimum Gasteiger partial charge on any atom is -0.394 e. The third kappa shape index (κ3) is 2.11. The maximum absolute atomic E-state index is 11.0. The lowest BCUT2D eigenvalue weighted by atomic mass is 10.1. The van der Waals surface area contributed by atoms with Crippen LogP contribution in [0.1, 0.15) is 26.8 Å². The Kier molecular flexibility index (Phi) is 2.76. The number of anilines is 1. The van der Waals surface area contributed by atoms with Crippen LogP contribution in [0.5, 0.6) is 0 Å². The Morgan fingerprint density at radius 3 is 2.46 bits per heavy atom. The van der Waals surface area contributed by atoms with Gasteiger partial charge in [0.15, 0.2) is 0 Å². The summed E-state index contributed by atoms with van der Waals surface area (Å²) in [6.07, 6.45) is 3.48. The van der Waals surface area contributed by atoms with Crippen molar-refractivity contribution in [2.75, 3.05) is 5.73 Å². The van der Waals surface area contributed by atoms with Gasteiger partial charge in [-0.3, -0.25) is 4.79 Å². The largest absolute Gasteiger partial charge is 0.394 e. The van der Waals surface area contributed by atoms with E-state index in [1.54, 1.807) is 12.4 Å². The average molecular weight is 180 g/mol. The molecule has 0 aliphatic rings. The lowest BCUT2D eigenvalue weighted by Gasteiger charge is -2.19. The third-order valence-electron chi connectivity index (χ3n) is 2.41. The van der Waals surface area contributed by atoms with Gasteiger partial charge in [0, 0.05) is 24.5 Å². The normalized spacial score (nSPS) is 13.2. The molecule has 0 amide bonds. The third-order valence-corrected chi connectivity index (χ3v) is 2.41. The summed E-state index contributed by atoms with van der Waals surface area (Å²) in [6.45, 7) is 6.38. The molecule has 0 saturated carbocycles. The van der Waals surface area contributed by atoms with Crippen LogP contribution >= 0.6 is 0 Å². The Labute approximate surface area is 78.2 Å². The molecule has 72 valence electrons. The molecule has 0 spiro atoms. The molecule has 1 heterocycles. The van der Waals surface area contributed by atoms with Gasteiger partial charge in [-0.15, -0.1) is 0 Å². The Morgan fingerprint density at radius 2 is 2.00 bits per heavy atom. The van der Waals surface area contributed by atoms with Crippen LogP contribution in [-0.4, -0.2) is 4.57 Å². The van der Waals surface area contributed by atoms with Gasteiger partial charge in [0.2, 0.25) is 5.43 Å². The van der Waals surface area contributed by atoms with Gasteiger partial charge in [0.25, 0.3) is 0 Å². The molecule has 0 aliphatic carbocycles. The summed E-state index contributed by atoms with van der Waals surface area (Å²) in [6, 6.07) is 1.87. The molecule has 0 fully saturated rings. The molecule has 1 aromatic rings. The van der Waals surface area contributed by atoms with E-state index in [2.05, 4.69) is 20.8 Å². The molecule has 0 aliphatic heterocycles. The van der Waals surface area contributed by atoms with Gasteiger partial charge < -0.3 is 10.3 Å². The molecule has 1 aromatic heterocycles. The van der Waals surface area contributed by atoms with E-state index in [0.29, 0.717) is 17.6 Å². The van der Waals surface area contributed by atoms with E-state index in [1.807, 2.05) is 4.57 Å². The predicted octanol–water partition coefficient (Wildman–Crippen LogP) is 1.65. The summed E-state index contributed by atoms with van der Waals surface area (Å²) < 4.78 is 1.97. The van der Waals surface area contributed by atoms with Crippen molar-refractivity contribution in [3.63, 3.8) is 0 Å². The zero-order chi connectivity index (χ0) is 10.0. The highest BCUT2D eigenvalue weighted by atomic mass is 16.1. The maximum atomic E-state index is 11.0.